The Balaban J connectivity index is 1.89. The number of sulfone groups is 1. The highest BCUT2D eigenvalue weighted by Crippen LogP contribution is 2.29. The first kappa shape index (κ1) is 14.2. The molecule has 2 aliphatic rings. The van der Waals surface area contributed by atoms with Gasteiger partial charge in [-0.1, -0.05) is 25.6 Å². The van der Waals surface area contributed by atoms with Gasteiger partial charge in [-0.25, -0.2) is 8.42 Å². The van der Waals surface area contributed by atoms with E-state index in [1.165, 1.54) is 0 Å². The van der Waals surface area contributed by atoms with Gasteiger partial charge in [0.25, 0.3) is 0 Å². The maximum atomic E-state index is 11.5. The largest absolute Gasteiger partial charge is 0.359 e. The van der Waals surface area contributed by atoms with Gasteiger partial charge in [0.1, 0.15) is 0 Å². The molecule has 2 aliphatic heterocycles. The van der Waals surface area contributed by atoms with Crippen LogP contribution in [0.1, 0.15) is 33.6 Å². The average Bonchev–Trinajstić information content (AvgIpc) is 2.71. The predicted molar refractivity (Wildman–Crippen MR) is 77.9 cm³/mol. The number of nitrogens with zero attached hydrogens (tertiary/aromatic N) is 1. The Bertz CT molecular complexity index is 445. The normalized spacial score (nSPS) is 34.9. The Kier molecular flexibility index (Phi) is 3.97. The molecule has 0 aromatic heterocycles. The molecule has 0 bridgehead atoms. The minimum atomic E-state index is -2.85. The van der Waals surface area contributed by atoms with E-state index in [4.69, 9.17) is 0 Å². The summed E-state index contributed by atoms with van der Waals surface area (Å²) in [6.07, 6.45) is 1.85. The maximum absolute atomic E-state index is 11.5. The van der Waals surface area contributed by atoms with Crippen LogP contribution in [0.5, 0.6) is 0 Å². The fourth-order valence-corrected chi connectivity index (χ4v) is 6.00. The standard InChI is InChI=1S/C12H22N2O2S2/c1-9(2)6-10-7-13-11(17-10)14-12(3)4-5-18(15,16)8-12/h9-10H,4-8H2,1-3H3,(H,13,14). The van der Waals surface area contributed by atoms with Crippen LogP contribution in [0, 0.1) is 5.92 Å². The summed E-state index contributed by atoms with van der Waals surface area (Å²) in [5, 5.41) is 4.83. The van der Waals surface area contributed by atoms with Gasteiger partial charge in [0.05, 0.1) is 23.6 Å². The maximum Gasteiger partial charge on any atom is 0.157 e. The second-order valence-corrected chi connectivity index (χ2v) is 9.52. The lowest BCUT2D eigenvalue weighted by atomic mass is 10.0. The van der Waals surface area contributed by atoms with E-state index < -0.39 is 9.84 Å². The lowest BCUT2D eigenvalue weighted by Gasteiger charge is -2.25. The van der Waals surface area contributed by atoms with Crippen LogP contribution in [0.3, 0.4) is 0 Å². The second-order valence-electron chi connectivity index (χ2n) is 6.04. The minimum absolute atomic E-state index is 0.231. The number of aliphatic imine (C=N–C) groups is 1. The highest BCUT2D eigenvalue weighted by molar-refractivity contribution is 8.14. The molecule has 0 aromatic rings. The molecule has 2 atom stereocenters. The molecule has 0 radical (unpaired) electrons. The fourth-order valence-electron chi connectivity index (χ4n) is 2.50. The van der Waals surface area contributed by atoms with E-state index in [0.717, 1.165) is 18.1 Å². The zero-order valence-electron chi connectivity index (χ0n) is 11.3. The average molecular weight is 290 g/mol. The van der Waals surface area contributed by atoms with Crippen LogP contribution < -0.4 is 5.32 Å². The summed E-state index contributed by atoms with van der Waals surface area (Å²) in [6, 6.07) is 0. The Labute approximate surface area is 114 Å². The van der Waals surface area contributed by atoms with Gasteiger partial charge < -0.3 is 5.32 Å². The molecule has 4 nitrogen and oxygen atoms in total. The summed E-state index contributed by atoms with van der Waals surface area (Å²) in [6.45, 7) is 7.28. The van der Waals surface area contributed by atoms with Crippen molar-refractivity contribution < 1.29 is 8.42 Å². The summed E-state index contributed by atoms with van der Waals surface area (Å²) >= 11 is 1.77. The van der Waals surface area contributed by atoms with Crippen molar-refractivity contribution in [2.45, 2.75) is 44.4 Å². The first-order valence-corrected chi connectivity index (χ1v) is 9.18. The Morgan fingerprint density at radius 3 is 2.83 bits per heavy atom. The van der Waals surface area contributed by atoms with E-state index in [-0.39, 0.29) is 11.3 Å². The highest BCUT2D eigenvalue weighted by Gasteiger charge is 2.39. The molecular formula is C12H22N2O2S2. The summed E-state index contributed by atoms with van der Waals surface area (Å²) in [7, 11) is -2.85. The SMILES string of the molecule is CC(C)CC1CN=C(NC2(C)CCS(=O)(=O)C2)S1. The summed E-state index contributed by atoms with van der Waals surface area (Å²) < 4.78 is 23.1. The third-order valence-corrected chi connectivity index (χ3v) is 6.40. The fraction of sp³-hybridized carbons (Fsp3) is 0.917. The molecule has 6 heteroatoms. The molecule has 0 spiro atoms. The topological polar surface area (TPSA) is 58.5 Å². The molecular weight excluding hydrogens is 268 g/mol. The van der Waals surface area contributed by atoms with E-state index in [9.17, 15) is 8.42 Å². The van der Waals surface area contributed by atoms with E-state index >= 15 is 0 Å². The lowest BCUT2D eigenvalue weighted by Crippen LogP contribution is -2.45. The first-order valence-electron chi connectivity index (χ1n) is 6.48. The molecule has 2 heterocycles. The van der Waals surface area contributed by atoms with Crippen molar-refractivity contribution in [3.63, 3.8) is 0 Å². The number of hydrogen-bond donors (Lipinski definition) is 1. The van der Waals surface area contributed by atoms with Crippen molar-refractivity contribution in [3.8, 4) is 0 Å². The smallest absolute Gasteiger partial charge is 0.157 e. The zero-order chi connectivity index (χ0) is 13.4. The first-order chi connectivity index (χ1) is 8.28. The minimum Gasteiger partial charge on any atom is -0.359 e. The quantitative estimate of drug-likeness (QED) is 0.859. The molecule has 0 amide bonds. The third kappa shape index (κ3) is 3.63. The van der Waals surface area contributed by atoms with Crippen molar-refractivity contribution in [1.82, 2.24) is 5.32 Å². The van der Waals surface area contributed by atoms with Crippen LogP contribution in [-0.4, -0.2) is 42.4 Å². The van der Waals surface area contributed by atoms with Crippen molar-refractivity contribution in [1.29, 1.82) is 0 Å². The Morgan fingerprint density at radius 1 is 1.56 bits per heavy atom. The summed E-state index contributed by atoms with van der Waals surface area (Å²) in [5.41, 5.74) is -0.322. The Morgan fingerprint density at radius 2 is 2.28 bits per heavy atom. The van der Waals surface area contributed by atoms with Gasteiger partial charge >= 0.3 is 0 Å². The molecule has 104 valence electrons. The molecule has 2 rings (SSSR count). The number of thioether (sulfide) groups is 1. The highest BCUT2D eigenvalue weighted by atomic mass is 32.2. The van der Waals surface area contributed by atoms with Crippen LogP contribution in [0.25, 0.3) is 0 Å². The van der Waals surface area contributed by atoms with E-state index in [2.05, 4.69) is 24.2 Å². The van der Waals surface area contributed by atoms with Crippen LogP contribution in [0.2, 0.25) is 0 Å². The van der Waals surface area contributed by atoms with Gasteiger partial charge in [-0.3, -0.25) is 4.99 Å². The van der Waals surface area contributed by atoms with Crippen LogP contribution in [-0.2, 0) is 9.84 Å². The lowest BCUT2D eigenvalue weighted by molar-refractivity contribution is 0.475. The Hall–Kier alpha value is -0.230. The van der Waals surface area contributed by atoms with Crippen LogP contribution >= 0.6 is 11.8 Å². The van der Waals surface area contributed by atoms with Gasteiger partial charge in [-0.2, -0.15) is 0 Å². The summed E-state index contributed by atoms with van der Waals surface area (Å²) in [4.78, 5) is 4.50. The molecule has 1 saturated heterocycles. The van der Waals surface area contributed by atoms with E-state index in [0.29, 0.717) is 23.3 Å². The third-order valence-electron chi connectivity index (χ3n) is 3.36. The number of rotatable bonds is 3. The van der Waals surface area contributed by atoms with Gasteiger partial charge in [-0.15, -0.1) is 0 Å². The van der Waals surface area contributed by atoms with Crippen molar-refractivity contribution in [3.05, 3.63) is 0 Å². The van der Waals surface area contributed by atoms with Crippen LogP contribution in [0.15, 0.2) is 4.99 Å². The molecule has 0 aromatic carbocycles. The number of hydrogen-bond acceptors (Lipinski definition) is 5. The van der Waals surface area contributed by atoms with E-state index in [1.807, 2.05) is 6.92 Å². The molecule has 18 heavy (non-hydrogen) atoms. The molecule has 0 saturated carbocycles. The number of nitrogens with one attached hydrogen (secondary N) is 1. The molecule has 1 N–H and O–H groups in total. The monoisotopic (exact) mass is 290 g/mol. The second kappa shape index (κ2) is 5.04. The van der Waals surface area contributed by atoms with Crippen molar-refractivity contribution in [2.75, 3.05) is 18.1 Å². The molecule has 0 aliphatic carbocycles. The van der Waals surface area contributed by atoms with Gasteiger partial charge in [0.15, 0.2) is 15.0 Å². The van der Waals surface area contributed by atoms with Gasteiger partial charge in [0, 0.05) is 5.25 Å². The predicted octanol–water partition coefficient (Wildman–Crippen LogP) is 1.67. The summed E-state index contributed by atoms with van der Waals surface area (Å²) in [5.74, 6) is 1.21. The van der Waals surface area contributed by atoms with Gasteiger partial charge in [0.2, 0.25) is 0 Å². The molecule has 1 fully saturated rings. The zero-order valence-corrected chi connectivity index (χ0v) is 12.9. The van der Waals surface area contributed by atoms with Gasteiger partial charge in [-0.05, 0) is 25.7 Å². The molecule has 2 unspecified atom stereocenters. The van der Waals surface area contributed by atoms with E-state index in [1.54, 1.807) is 11.8 Å². The number of amidine groups is 1. The van der Waals surface area contributed by atoms with Crippen LogP contribution in [0.4, 0.5) is 0 Å². The van der Waals surface area contributed by atoms with Crippen molar-refractivity contribution >= 4 is 26.8 Å². The van der Waals surface area contributed by atoms with Crippen molar-refractivity contribution in [2.24, 2.45) is 10.9 Å².